The molecule has 14 nitrogen and oxygen atoms in total. The van der Waals surface area contributed by atoms with Gasteiger partial charge in [-0.25, -0.2) is 27.2 Å². The molecule has 91 heavy (non-hydrogen) atoms. The topological polar surface area (TPSA) is 184 Å². The maximum Gasteiger partial charge on any atom is 1.00 e. The molecule has 476 valence electrons. The van der Waals surface area contributed by atoms with E-state index in [1.54, 1.807) is 60.7 Å². The van der Waals surface area contributed by atoms with Crippen molar-refractivity contribution in [3.8, 4) is 33.8 Å². The van der Waals surface area contributed by atoms with Crippen LogP contribution in [0, 0.1) is 37.1 Å². The summed E-state index contributed by atoms with van der Waals surface area (Å²) < 4.78 is 158. The Morgan fingerprint density at radius 1 is 0.505 bits per heavy atom. The van der Waals surface area contributed by atoms with E-state index in [1.807, 2.05) is 0 Å². The van der Waals surface area contributed by atoms with E-state index < -0.39 is 117 Å². The second-order valence-electron chi connectivity index (χ2n) is 21.1. The Kier molecular flexibility index (Phi) is 24.8. The molecule has 0 saturated carbocycles. The van der Waals surface area contributed by atoms with E-state index in [2.05, 4.69) is 0 Å². The van der Waals surface area contributed by atoms with Crippen molar-refractivity contribution >= 4 is 11.9 Å². The number of carbonyl (C=O) groups excluding carboxylic acids is 1. The number of carboxylic acids is 2. The summed E-state index contributed by atoms with van der Waals surface area (Å²) in [5.74, 6) is -7.89. The van der Waals surface area contributed by atoms with Crippen LogP contribution in [0.15, 0.2) is 153 Å². The number of methoxy groups -OCH3 is 2. The zero-order valence-electron chi connectivity index (χ0n) is 50.0. The molecule has 0 saturated heterocycles. The van der Waals surface area contributed by atoms with Crippen LogP contribution in [-0.4, -0.2) is 49.5 Å². The first kappa shape index (κ1) is 71.6. The third-order valence-corrected chi connectivity index (χ3v) is 15.5. The normalized spacial score (nSPS) is 12.1. The quantitative estimate of drug-likeness (QED) is 0.0348. The number of ether oxygens (including phenoxy) is 2. The summed E-state index contributed by atoms with van der Waals surface area (Å²) in [6.07, 6.45) is -8.03. The van der Waals surface area contributed by atoms with Crippen molar-refractivity contribution in [2.24, 2.45) is 0 Å². The predicted octanol–water partition coefficient (Wildman–Crippen LogP) is 9.21. The Labute approximate surface area is 536 Å². The third-order valence-electron chi connectivity index (χ3n) is 15.5. The summed E-state index contributed by atoms with van der Waals surface area (Å²) in [7, 11) is 2.44. The molecule has 8 aromatic rings. The van der Waals surface area contributed by atoms with E-state index in [4.69, 9.17) is 14.6 Å². The maximum atomic E-state index is 15.6. The first-order valence-electron chi connectivity index (χ1n) is 28.2. The first-order valence-corrected chi connectivity index (χ1v) is 28.2. The number of carboxylic acid groups (broad SMARTS) is 2. The Morgan fingerprint density at radius 2 is 0.868 bits per heavy atom. The van der Waals surface area contributed by atoms with E-state index in [0.717, 1.165) is 48.1 Å². The van der Waals surface area contributed by atoms with Crippen LogP contribution in [0.1, 0.15) is 108 Å². The van der Waals surface area contributed by atoms with Gasteiger partial charge in [0.2, 0.25) is 0 Å². The van der Waals surface area contributed by atoms with Crippen molar-refractivity contribution in [2.75, 3.05) is 14.2 Å². The van der Waals surface area contributed by atoms with Crippen LogP contribution in [0.5, 0.6) is 11.5 Å². The van der Waals surface area contributed by atoms with E-state index in [0.29, 0.717) is 49.8 Å². The standard InChI is InChI=1S/2C33H31F5N2O5.Na/c2*1-20-29(23-13-8-16-27(45-2)30(23)35)31(43)40(18-22(12-6-7-17-28(41)42)21-10-4-3-5-11-21)32(44)39(20)19-24-25(33(36,37)38)14-9-15-26(24)34;/h2*3-5,8-11,13-16,22H,6-7,12,17-19H2,1-2H3,(H,41,42);/q;;+1/p-1/t2*22-;/m00./s1. The van der Waals surface area contributed by atoms with Gasteiger partial charge in [0.1, 0.15) is 11.6 Å². The van der Waals surface area contributed by atoms with E-state index in [1.165, 1.54) is 64.5 Å². The summed E-state index contributed by atoms with van der Waals surface area (Å²) in [4.78, 5) is 78.1. The summed E-state index contributed by atoms with van der Waals surface area (Å²) in [6.45, 7) is 0.263. The molecule has 1 N–H and O–H groups in total. The molecule has 8 rings (SSSR count). The van der Waals surface area contributed by atoms with Gasteiger partial charge in [0.25, 0.3) is 11.1 Å². The molecule has 0 fully saturated rings. The molecule has 25 heteroatoms. The van der Waals surface area contributed by atoms with Crippen molar-refractivity contribution in [3.63, 3.8) is 0 Å². The molecule has 0 spiro atoms. The molecule has 2 atom stereocenters. The Balaban J connectivity index is 0.000000286. The van der Waals surface area contributed by atoms with Crippen LogP contribution in [0.2, 0.25) is 0 Å². The summed E-state index contributed by atoms with van der Waals surface area (Å²) in [5.41, 5.74) is -8.04. The fourth-order valence-electron chi connectivity index (χ4n) is 10.9. The fourth-order valence-corrected chi connectivity index (χ4v) is 10.9. The minimum Gasteiger partial charge on any atom is -0.550 e. The second kappa shape index (κ2) is 31.5. The maximum absolute atomic E-state index is 15.6. The number of rotatable bonds is 24. The minimum absolute atomic E-state index is 0. The van der Waals surface area contributed by atoms with Gasteiger partial charge >= 0.3 is 59.3 Å². The molecular weight excluding hydrogens is 1220 g/mol. The number of hydrogen-bond acceptors (Lipinski definition) is 9. The number of benzene rings is 6. The molecule has 0 bridgehead atoms. The monoisotopic (exact) mass is 1280 g/mol. The van der Waals surface area contributed by atoms with Gasteiger partial charge < -0.3 is 24.5 Å². The number of hydrogen-bond donors (Lipinski definition) is 1. The Morgan fingerprint density at radius 3 is 1.21 bits per heavy atom. The van der Waals surface area contributed by atoms with Gasteiger partial charge in [0.05, 0.1) is 49.6 Å². The van der Waals surface area contributed by atoms with Gasteiger partial charge in [-0.3, -0.25) is 32.7 Å². The van der Waals surface area contributed by atoms with Gasteiger partial charge in [-0.15, -0.1) is 0 Å². The third kappa shape index (κ3) is 17.1. The Hall–Kier alpha value is -8.48. The van der Waals surface area contributed by atoms with Crippen LogP contribution < -0.4 is 66.6 Å². The van der Waals surface area contributed by atoms with Crippen molar-refractivity contribution < 1.29 is 103 Å². The fraction of sp³-hybridized carbons (Fsp3) is 0.303. The van der Waals surface area contributed by atoms with Gasteiger partial charge in [-0.2, -0.15) is 26.3 Å². The molecular formula is C66H61F10N4NaO10. The molecule has 0 unspecified atom stereocenters. The smallest absolute Gasteiger partial charge is 0.550 e. The second-order valence-corrected chi connectivity index (χ2v) is 21.1. The zero-order valence-corrected chi connectivity index (χ0v) is 52.0. The Bertz CT molecular complexity index is 3870. The van der Waals surface area contributed by atoms with Gasteiger partial charge in [-0.05, 0) is 93.5 Å². The largest absolute Gasteiger partial charge is 1.00 e. The van der Waals surface area contributed by atoms with Gasteiger partial charge in [0.15, 0.2) is 23.1 Å². The molecule has 2 heterocycles. The molecule has 0 radical (unpaired) electrons. The number of carbonyl (C=O) groups is 2. The SMILES string of the molecule is COc1cccc(-c2c(C)n(Cc3c(F)cccc3C(F)(F)F)c(=O)n(C[C@H](CCCCC(=O)O)c3ccccc3)c2=O)c1F.COc1cccc(-c2c(C)n(Cc3c(F)cccc3C(F)(F)F)c(=O)n(C[C@H](CCCCC(=O)[O-])c3ccccc3)c2=O)c1F.[Na+]. The molecule has 0 amide bonds. The number of unbranched alkanes of at least 4 members (excludes halogenated alkanes) is 2. The predicted molar refractivity (Wildman–Crippen MR) is 312 cm³/mol. The molecule has 0 aliphatic rings. The van der Waals surface area contributed by atoms with E-state index in [9.17, 15) is 69.0 Å². The first-order chi connectivity index (χ1) is 42.7. The van der Waals surface area contributed by atoms with Crippen LogP contribution in [-0.2, 0) is 48.1 Å². The van der Waals surface area contributed by atoms with Crippen molar-refractivity contribution in [1.29, 1.82) is 0 Å². The molecule has 0 aliphatic carbocycles. The van der Waals surface area contributed by atoms with Crippen LogP contribution in [0.4, 0.5) is 43.9 Å². The number of aliphatic carboxylic acids is 2. The molecule has 6 aromatic carbocycles. The van der Waals surface area contributed by atoms with Gasteiger partial charge in [0, 0.05) is 71.0 Å². The summed E-state index contributed by atoms with van der Waals surface area (Å²) >= 11 is 0. The number of halogens is 10. The number of aromatic nitrogens is 4. The van der Waals surface area contributed by atoms with Crippen molar-refractivity contribution in [2.45, 2.75) is 116 Å². The van der Waals surface area contributed by atoms with Crippen molar-refractivity contribution in [1.82, 2.24) is 18.3 Å². The zero-order chi connectivity index (χ0) is 65.8. The van der Waals surface area contributed by atoms with E-state index >= 15 is 8.78 Å². The number of alkyl halides is 6. The van der Waals surface area contributed by atoms with Crippen LogP contribution >= 0.6 is 0 Å². The summed E-state index contributed by atoms with van der Waals surface area (Å²) in [6, 6.07) is 30.5. The van der Waals surface area contributed by atoms with Crippen LogP contribution in [0.25, 0.3) is 22.3 Å². The number of nitrogens with zero attached hydrogens (tertiary/aromatic N) is 4. The summed E-state index contributed by atoms with van der Waals surface area (Å²) in [5, 5.41) is 20.0. The molecule has 2 aromatic heterocycles. The van der Waals surface area contributed by atoms with Crippen molar-refractivity contribution in [3.05, 3.63) is 243 Å². The minimum atomic E-state index is -4.95. The average Bonchev–Trinajstić information content (AvgIpc) is 0.870. The van der Waals surface area contributed by atoms with Gasteiger partial charge in [-0.1, -0.05) is 110 Å². The molecule has 0 aliphatic heterocycles. The average molecular weight is 1280 g/mol. The van der Waals surface area contributed by atoms with E-state index in [-0.39, 0.29) is 107 Å². The van der Waals surface area contributed by atoms with Crippen LogP contribution in [0.3, 0.4) is 0 Å².